The van der Waals surface area contributed by atoms with Gasteiger partial charge in [0.15, 0.2) is 0 Å². The first-order valence-electron chi connectivity index (χ1n) is 7.30. The smallest absolute Gasteiger partial charge is 0.220 e. The molecule has 110 valence electrons. The van der Waals surface area contributed by atoms with Crippen molar-refractivity contribution in [1.82, 2.24) is 10.6 Å². The molecule has 0 aromatic heterocycles. The molecule has 4 heteroatoms. The van der Waals surface area contributed by atoms with Crippen molar-refractivity contribution in [1.29, 1.82) is 0 Å². The first-order valence-corrected chi connectivity index (χ1v) is 8.52. The lowest BCUT2D eigenvalue weighted by atomic mass is 10.0. The molecule has 1 aliphatic heterocycles. The molecule has 1 amide bonds. The summed E-state index contributed by atoms with van der Waals surface area (Å²) in [5.41, 5.74) is 2.47. The zero-order chi connectivity index (χ0) is 14.4. The van der Waals surface area contributed by atoms with Gasteiger partial charge in [-0.1, -0.05) is 12.1 Å². The quantitative estimate of drug-likeness (QED) is 0.792. The van der Waals surface area contributed by atoms with Crippen LogP contribution in [0.25, 0.3) is 0 Å². The standard InChI is InChI=1S/C16H24N2OS/c1-12-3-5-14(15(9-12)20-2)11-18-16(19)6-4-13-7-8-17-10-13/h3,5,9,13,17H,4,6-8,10-11H2,1-2H3,(H,18,19). The minimum atomic E-state index is 0.171. The lowest BCUT2D eigenvalue weighted by Gasteiger charge is -2.11. The van der Waals surface area contributed by atoms with Gasteiger partial charge in [-0.15, -0.1) is 11.8 Å². The van der Waals surface area contributed by atoms with Crippen LogP contribution in [0.3, 0.4) is 0 Å². The molecule has 0 radical (unpaired) electrons. The Morgan fingerprint density at radius 1 is 1.50 bits per heavy atom. The first kappa shape index (κ1) is 15.4. The van der Waals surface area contributed by atoms with Crippen molar-refractivity contribution >= 4 is 17.7 Å². The average molecular weight is 292 g/mol. The maximum Gasteiger partial charge on any atom is 0.220 e. The Morgan fingerprint density at radius 2 is 2.35 bits per heavy atom. The lowest BCUT2D eigenvalue weighted by molar-refractivity contribution is -0.121. The Labute approximate surface area is 125 Å². The van der Waals surface area contributed by atoms with Gasteiger partial charge >= 0.3 is 0 Å². The van der Waals surface area contributed by atoms with Crippen LogP contribution in [0.5, 0.6) is 0 Å². The molecule has 1 aliphatic rings. The molecule has 1 saturated heterocycles. The van der Waals surface area contributed by atoms with Gasteiger partial charge < -0.3 is 10.6 Å². The van der Waals surface area contributed by atoms with Crippen LogP contribution in [0, 0.1) is 12.8 Å². The molecule has 1 aromatic rings. The maximum atomic E-state index is 11.9. The lowest BCUT2D eigenvalue weighted by Crippen LogP contribution is -2.23. The Morgan fingerprint density at radius 3 is 3.05 bits per heavy atom. The van der Waals surface area contributed by atoms with E-state index in [0.717, 1.165) is 19.5 Å². The van der Waals surface area contributed by atoms with Crippen molar-refractivity contribution in [2.45, 2.75) is 37.6 Å². The molecule has 20 heavy (non-hydrogen) atoms. The topological polar surface area (TPSA) is 41.1 Å². The number of rotatable bonds is 6. The number of hydrogen-bond donors (Lipinski definition) is 2. The summed E-state index contributed by atoms with van der Waals surface area (Å²) < 4.78 is 0. The number of carbonyl (C=O) groups is 1. The molecule has 1 heterocycles. The van der Waals surface area contributed by atoms with Gasteiger partial charge in [0.25, 0.3) is 0 Å². The van der Waals surface area contributed by atoms with Crippen molar-refractivity contribution < 1.29 is 4.79 Å². The second-order valence-electron chi connectivity index (χ2n) is 5.49. The molecule has 0 spiro atoms. The first-order chi connectivity index (χ1) is 9.69. The van der Waals surface area contributed by atoms with Crippen LogP contribution in [-0.4, -0.2) is 25.3 Å². The van der Waals surface area contributed by atoms with Crippen LogP contribution in [0.2, 0.25) is 0 Å². The number of amides is 1. The molecule has 1 atom stereocenters. The highest BCUT2D eigenvalue weighted by molar-refractivity contribution is 7.98. The van der Waals surface area contributed by atoms with Gasteiger partial charge in [-0.2, -0.15) is 0 Å². The van der Waals surface area contributed by atoms with Crippen molar-refractivity contribution in [3.63, 3.8) is 0 Å². The summed E-state index contributed by atoms with van der Waals surface area (Å²) in [6.07, 6.45) is 4.93. The zero-order valence-corrected chi connectivity index (χ0v) is 13.2. The van der Waals surface area contributed by atoms with Crippen molar-refractivity contribution in [3.05, 3.63) is 29.3 Å². The average Bonchev–Trinajstić information content (AvgIpc) is 2.97. The van der Waals surface area contributed by atoms with Crippen LogP contribution in [0.15, 0.2) is 23.1 Å². The molecule has 1 fully saturated rings. The Bertz CT molecular complexity index is 456. The summed E-state index contributed by atoms with van der Waals surface area (Å²) in [6.45, 7) is 4.91. The van der Waals surface area contributed by atoms with E-state index in [9.17, 15) is 4.79 Å². The predicted molar refractivity (Wildman–Crippen MR) is 85.0 cm³/mol. The van der Waals surface area contributed by atoms with Gasteiger partial charge in [0.05, 0.1) is 0 Å². The van der Waals surface area contributed by atoms with E-state index in [1.54, 1.807) is 11.8 Å². The summed E-state index contributed by atoms with van der Waals surface area (Å²) in [6, 6.07) is 6.39. The van der Waals surface area contributed by atoms with Gasteiger partial charge in [0, 0.05) is 17.9 Å². The van der Waals surface area contributed by atoms with E-state index in [2.05, 4.69) is 42.0 Å². The van der Waals surface area contributed by atoms with Crippen LogP contribution in [0.4, 0.5) is 0 Å². The number of carbonyl (C=O) groups excluding carboxylic acids is 1. The molecule has 2 rings (SSSR count). The van der Waals surface area contributed by atoms with Gasteiger partial charge in [-0.3, -0.25) is 4.79 Å². The summed E-state index contributed by atoms with van der Waals surface area (Å²) in [7, 11) is 0. The molecule has 2 N–H and O–H groups in total. The number of hydrogen-bond acceptors (Lipinski definition) is 3. The third kappa shape index (κ3) is 4.53. The van der Waals surface area contributed by atoms with Gasteiger partial charge in [-0.25, -0.2) is 0 Å². The van der Waals surface area contributed by atoms with Crippen molar-refractivity contribution in [2.75, 3.05) is 19.3 Å². The highest BCUT2D eigenvalue weighted by atomic mass is 32.2. The molecule has 0 bridgehead atoms. The van der Waals surface area contributed by atoms with Crippen molar-refractivity contribution in [2.24, 2.45) is 5.92 Å². The fourth-order valence-electron chi connectivity index (χ4n) is 2.58. The van der Waals surface area contributed by atoms with Gasteiger partial charge in [0.2, 0.25) is 5.91 Å². The number of aryl methyl sites for hydroxylation is 1. The monoisotopic (exact) mass is 292 g/mol. The minimum absolute atomic E-state index is 0.171. The van der Waals surface area contributed by atoms with E-state index in [0.29, 0.717) is 18.9 Å². The number of nitrogens with one attached hydrogen (secondary N) is 2. The second kappa shape index (κ2) is 7.70. The minimum Gasteiger partial charge on any atom is -0.352 e. The summed E-state index contributed by atoms with van der Waals surface area (Å²) in [5.74, 6) is 0.853. The fraction of sp³-hybridized carbons (Fsp3) is 0.562. The fourth-order valence-corrected chi connectivity index (χ4v) is 3.28. The van der Waals surface area contributed by atoms with E-state index in [-0.39, 0.29) is 5.91 Å². The third-order valence-corrected chi connectivity index (χ3v) is 4.68. The maximum absolute atomic E-state index is 11.9. The summed E-state index contributed by atoms with van der Waals surface area (Å²) >= 11 is 1.74. The van der Waals surface area contributed by atoms with E-state index >= 15 is 0 Å². The Balaban J connectivity index is 1.77. The van der Waals surface area contributed by atoms with Gasteiger partial charge in [0.1, 0.15) is 0 Å². The molecule has 1 aromatic carbocycles. The highest BCUT2D eigenvalue weighted by Gasteiger charge is 2.15. The summed E-state index contributed by atoms with van der Waals surface area (Å²) in [4.78, 5) is 13.2. The van der Waals surface area contributed by atoms with Crippen LogP contribution in [0.1, 0.15) is 30.4 Å². The zero-order valence-electron chi connectivity index (χ0n) is 12.4. The second-order valence-corrected chi connectivity index (χ2v) is 6.34. The van der Waals surface area contributed by atoms with Gasteiger partial charge in [-0.05, 0) is 62.2 Å². The summed E-state index contributed by atoms with van der Waals surface area (Å²) in [5, 5.41) is 6.38. The Kier molecular flexibility index (Phi) is 5.92. The van der Waals surface area contributed by atoms with Crippen LogP contribution in [-0.2, 0) is 11.3 Å². The normalized spacial score (nSPS) is 18.2. The van der Waals surface area contributed by atoms with E-state index in [4.69, 9.17) is 0 Å². The number of benzene rings is 1. The van der Waals surface area contributed by atoms with Crippen LogP contribution < -0.4 is 10.6 Å². The third-order valence-electron chi connectivity index (χ3n) is 3.86. The van der Waals surface area contributed by atoms with E-state index in [1.807, 2.05) is 0 Å². The van der Waals surface area contributed by atoms with Crippen molar-refractivity contribution in [3.8, 4) is 0 Å². The Hall–Kier alpha value is -1.00. The molecule has 3 nitrogen and oxygen atoms in total. The highest BCUT2D eigenvalue weighted by Crippen LogP contribution is 2.21. The van der Waals surface area contributed by atoms with E-state index < -0.39 is 0 Å². The predicted octanol–water partition coefficient (Wildman–Crippen LogP) is 2.72. The molecular weight excluding hydrogens is 268 g/mol. The molecular formula is C16H24N2OS. The largest absolute Gasteiger partial charge is 0.352 e. The molecule has 0 saturated carbocycles. The molecule has 1 unspecified atom stereocenters. The SMILES string of the molecule is CSc1cc(C)ccc1CNC(=O)CCC1CCNC1. The number of thioether (sulfide) groups is 1. The van der Waals surface area contributed by atoms with E-state index in [1.165, 1.54) is 22.4 Å². The van der Waals surface area contributed by atoms with Crippen LogP contribution >= 0.6 is 11.8 Å². The molecule has 0 aliphatic carbocycles.